The van der Waals surface area contributed by atoms with Crippen molar-refractivity contribution in [1.82, 2.24) is 14.5 Å². The summed E-state index contributed by atoms with van der Waals surface area (Å²) in [6, 6.07) is 10.1. The fraction of sp³-hybridized carbons (Fsp3) is 0.400. The van der Waals surface area contributed by atoms with Crippen molar-refractivity contribution in [2.45, 2.75) is 26.8 Å². The van der Waals surface area contributed by atoms with Gasteiger partial charge in [-0.3, -0.25) is 14.2 Å². The maximum atomic E-state index is 13.8. The number of fused-ring (bicyclic) bond motifs is 1. The molecule has 1 aromatic heterocycles. The van der Waals surface area contributed by atoms with Crippen molar-refractivity contribution in [3.8, 4) is 17.2 Å². The summed E-state index contributed by atoms with van der Waals surface area (Å²) >= 11 is 3.59. The van der Waals surface area contributed by atoms with Crippen molar-refractivity contribution in [3.63, 3.8) is 0 Å². The first-order chi connectivity index (χ1) is 16.2. The number of carbonyl (C=O) groups is 1. The van der Waals surface area contributed by atoms with Crippen LogP contribution < -0.4 is 15.0 Å². The Bertz CT molecular complexity index is 1240. The lowest BCUT2D eigenvalue weighted by atomic mass is 10.1. The van der Waals surface area contributed by atoms with Crippen LogP contribution in [0, 0.1) is 5.92 Å². The highest BCUT2D eigenvalue weighted by molar-refractivity contribution is 9.10. The van der Waals surface area contributed by atoms with E-state index in [2.05, 4.69) is 15.9 Å². The van der Waals surface area contributed by atoms with Crippen molar-refractivity contribution in [2.75, 3.05) is 34.5 Å². The molecule has 182 valence electrons. The normalized spacial score (nSPS) is 12.1. The molecule has 3 aromatic rings. The molecule has 0 aliphatic rings. The van der Waals surface area contributed by atoms with Crippen LogP contribution in [0.2, 0.25) is 0 Å². The van der Waals surface area contributed by atoms with E-state index in [1.807, 2.05) is 26.8 Å². The number of hydrogen-bond donors (Lipinski definition) is 0. The summed E-state index contributed by atoms with van der Waals surface area (Å²) in [5, 5.41) is 0.464. The predicted octanol–water partition coefficient (Wildman–Crippen LogP) is 4.36. The van der Waals surface area contributed by atoms with Gasteiger partial charge in [-0.05, 0) is 35.0 Å². The minimum absolute atomic E-state index is 0.0548. The third kappa shape index (κ3) is 4.95. The molecule has 8 nitrogen and oxygen atoms in total. The maximum Gasteiger partial charge on any atom is 0.266 e. The molecule has 1 atom stereocenters. The third-order valence-electron chi connectivity index (χ3n) is 5.65. The number of rotatable bonds is 9. The van der Waals surface area contributed by atoms with Gasteiger partial charge >= 0.3 is 0 Å². The Morgan fingerprint density at radius 1 is 1.12 bits per heavy atom. The van der Waals surface area contributed by atoms with Crippen molar-refractivity contribution >= 4 is 32.7 Å². The second-order valence-corrected chi connectivity index (χ2v) is 8.94. The maximum absolute atomic E-state index is 13.8. The summed E-state index contributed by atoms with van der Waals surface area (Å²) in [5.41, 5.74) is 0.803. The summed E-state index contributed by atoms with van der Waals surface area (Å²) in [7, 11) is 4.68. The number of ether oxygens (including phenoxy) is 3. The topological polar surface area (TPSA) is 82.9 Å². The van der Waals surface area contributed by atoms with Gasteiger partial charge in [0.15, 0.2) is 0 Å². The first kappa shape index (κ1) is 25.7. The molecule has 0 aliphatic carbocycles. The van der Waals surface area contributed by atoms with Crippen molar-refractivity contribution < 1.29 is 19.0 Å². The van der Waals surface area contributed by atoms with E-state index in [9.17, 15) is 9.59 Å². The number of aromatic nitrogens is 2. The minimum Gasteiger partial charge on any atom is -0.497 e. The Hall–Kier alpha value is -2.91. The van der Waals surface area contributed by atoms with E-state index in [0.717, 1.165) is 0 Å². The van der Waals surface area contributed by atoms with Gasteiger partial charge in [-0.15, -0.1) is 0 Å². The van der Waals surface area contributed by atoms with Crippen LogP contribution >= 0.6 is 15.9 Å². The van der Waals surface area contributed by atoms with Crippen molar-refractivity contribution in [2.24, 2.45) is 5.92 Å². The van der Waals surface area contributed by atoms with E-state index in [1.54, 1.807) is 56.6 Å². The number of benzene rings is 2. The average molecular weight is 532 g/mol. The summed E-state index contributed by atoms with van der Waals surface area (Å²) in [6.07, 6.45) is 0. The molecule has 0 fully saturated rings. The van der Waals surface area contributed by atoms with Crippen LogP contribution in [0.5, 0.6) is 11.5 Å². The number of carbonyl (C=O) groups excluding carboxylic acids is 1. The molecule has 0 bridgehead atoms. The van der Waals surface area contributed by atoms with Gasteiger partial charge in [0.05, 0.1) is 47.9 Å². The number of amides is 1. The fourth-order valence-electron chi connectivity index (χ4n) is 3.81. The van der Waals surface area contributed by atoms with Gasteiger partial charge in [0.2, 0.25) is 5.91 Å². The van der Waals surface area contributed by atoms with Crippen LogP contribution in [0.15, 0.2) is 45.7 Å². The third-order valence-corrected chi connectivity index (χ3v) is 6.44. The van der Waals surface area contributed by atoms with Gasteiger partial charge in [0.25, 0.3) is 5.56 Å². The highest BCUT2D eigenvalue weighted by atomic mass is 79.9. The zero-order chi connectivity index (χ0) is 25.0. The second-order valence-electron chi connectivity index (χ2n) is 8.15. The molecule has 0 radical (unpaired) electrons. The largest absolute Gasteiger partial charge is 0.497 e. The molecular formula is C25H30BrN3O5. The van der Waals surface area contributed by atoms with Gasteiger partial charge in [-0.2, -0.15) is 0 Å². The van der Waals surface area contributed by atoms with E-state index < -0.39 is 6.04 Å². The minimum atomic E-state index is -0.522. The Morgan fingerprint density at radius 2 is 1.82 bits per heavy atom. The van der Waals surface area contributed by atoms with Crippen LogP contribution in [-0.4, -0.2) is 54.8 Å². The van der Waals surface area contributed by atoms with Crippen molar-refractivity contribution in [1.29, 1.82) is 0 Å². The second kappa shape index (κ2) is 11.0. The average Bonchev–Trinajstić information content (AvgIpc) is 2.84. The SMILES string of the molecule is COCCN(C(=O)C(C)C)C(C)c1nc2ccccc2c(=O)n1-c1cc(OC)cc(OC)c1Br. The molecule has 0 N–H and O–H groups in total. The standard InChI is InChI=1S/C25H30BrN3O5/c1-15(2)24(30)28(11-12-32-4)16(3)23-27-19-10-8-7-9-18(19)25(31)29(23)20-13-17(33-5)14-21(34-6)22(20)26/h7-10,13-16H,11-12H2,1-6H3. The smallest absolute Gasteiger partial charge is 0.266 e. The molecule has 1 unspecified atom stereocenters. The molecule has 34 heavy (non-hydrogen) atoms. The molecule has 0 spiro atoms. The molecule has 2 aromatic carbocycles. The monoisotopic (exact) mass is 531 g/mol. The van der Waals surface area contributed by atoms with E-state index in [-0.39, 0.29) is 17.4 Å². The van der Waals surface area contributed by atoms with Crippen LogP contribution in [0.4, 0.5) is 0 Å². The number of methoxy groups -OCH3 is 3. The zero-order valence-corrected chi connectivity index (χ0v) is 21.9. The Kier molecular flexibility index (Phi) is 8.33. The van der Waals surface area contributed by atoms with Crippen molar-refractivity contribution in [3.05, 3.63) is 57.0 Å². The number of nitrogens with zero attached hydrogens (tertiary/aromatic N) is 3. The van der Waals surface area contributed by atoms with E-state index >= 15 is 0 Å². The molecule has 0 saturated carbocycles. The first-order valence-corrected chi connectivity index (χ1v) is 11.8. The van der Waals surface area contributed by atoms with Gasteiger partial charge < -0.3 is 19.1 Å². The van der Waals surface area contributed by atoms with E-state index in [4.69, 9.17) is 19.2 Å². The molecule has 3 rings (SSSR count). The molecule has 0 aliphatic heterocycles. The van der Waals surface area contributed by atoms with Crippen LogP contribution in [0.1, 0.15) is 32.6 Å². The number of halogens is 1. The summed E-state index contributed by atoms with van der Waals surface area (Å²) in [6.45, 7) is 6.28. The molecular weight excluding hydrogens is 502 g/mol. The summed E-state index contributed by atoms with van der Waals surface area (Å²) < 4.78 is 18.3. The Morgan fingerprint density at radius 3 is 2.44 bits per heavy atom. The van der Waals surface area contributed by atoms with Gasteiger partial charge in [-0.25, -0.2) is 4.98 Å². The summed E-state index contributed by atoms with van der Waals surface area (Å²) in [5.74, 6) is 1.15. The molecule has 0 saturated heterocycles. The molecule has 1 amide bonds. The molecule has 1 heterocycles. The van der Waals surface area contributed by atoms with E-state index in [1.165, 1.54) is 4.57 Å². The predicted molar refractivity (Wildman–Crippen MR) is 135 cm³/mol. The van der Waals surface area contributed by atoms with Gasteiger partial charge in [0, 0.05) is 31.7 Å². The highest BCUT2D eigenvalue weighted by Gasteiger charge is 2.29. The number of hydrogen-bond acceptors (Lipinski definition) is 6. The lowest BCUT2D eigenvalue weighted by Crippen LogP contribution is -2.41. The number of para-hydroxylation sites is 1. The first-order valence-electron chi connectivity index (χ1n) is 11.0. The van der Waals surface area contributed by atoms with Crippen LogP contribution in [-0.2, 0) is 9.53 Å². The lowest BCUT2D eigenvalue weighted by Gasteiger charge is -2.32. The quantitative estimate of drug-likeness (QED) is 0.408. The van der Waals surface area contributed by atoms with Crippen LogP contribution in [0.3, 0.4) is 0 Å². The summed E-state index contributed by atoms with van der Waals surface area (Å²) in [4.78, 5) is 33.5. The van der Waals surface area contributed by atoms with E-state index in [0.29, 0.717) is 51.5 Å². The Labute approximate surface area is 207 Å². The van der Waals surface area contributed by atoms with Gasteiger partial charge in [-0.1, -0.05) is 26.0 Å². The van der Waals surface area contributed by atoms with Crippen LogP contribution in [0.25, 0.3) is 16.6 Å². The zero-order valence-electron chi connectivity index (χ0n) is 20.3. The van der Waals surface area contributed by atoms with Gasteiger partial charge in [0.1, 0.15) is 17.3 Å². The lowest BCUT2D eigenvalue weighted by molar-refractivity contribution is -0.137. The highest BCUT2D eigenvalue weighted by Crippen LogP contribution is 2.37. The molecule has 9 heteroatoms. The fourth-order valence-corrected chi connectivity index (χ4v) is 4.37. The Balaban J connectivity index is 2.36.